The second-order valence-corrected chi connectivity index (χ2v) is 10.8. The van der Waals surface area contributed by atoms with Gasteiger partial charge in [0.25, 0.3) is 0 Å². The molecular weight excluding hydrogens is 480 g/mol. The van der Waals surface area contributed by atoms with Gasteiger partial charge in [0.1, 0.15) is 0 Å². The topological polar surface area (TPSA) is 91.9 Å². The van der Waals surface area contributed by atoms with Crippen LogP contribution in [-0.4, -0.2) is 69.5 Å². The number of rotatable bonds is 8. The van der Waals surface area contributed by atoms with Crippen molar-refractivity contribution in [3.63, 3.8) is 0 Å². The van der Waals surface area contributed by atoms with Crippen molar-refractivity contribution in [2.75, 3.05) is 46.4 Å². The van der Waals surface area contributed by atoms with Crippen LogP contribution in [-0.2, 0) is 9.47 Å². The van der Waals surface area contributed by atoms with E-state index in [4.69, 9.17) is 16.3 Å². The number of benzene rings is 1. The van der Waals surface area contributed by atoms with Gasteiger partial charge in [0.15, 0.2) is 0 Å². The predicted octanol–water partition coefficient (Wildman–Crippen LogP) is 4.34. The van der Waals surface area contributed by atoms with E-state index in [1.165, 1.54) is 32.8 Å². The quantitative estimate of drug-likeness (QED) is 0.443. The lowest BCUT2D eigenvalue weighted by Gasteiger charge is -2.40. The molecule has 200 valence electrons. The Hall–Kier alpha value is -2.03. The maximum atomic E-state index is 13.4. The van der Waals surface area contributed by atoms with Crippen LogP contribution in [0.3, 0.4) is 0 Å². The van der Waals surface area contributed by atoms with Crippen molar-refractivity contribution in [3.8, 4) is 0 Å². The molecule has 2 saturated heterocycles. The molecule has 1 saturated carbocycles. The molecule has 36 heavy (non-hydrogen) atoms. The third-order valence-corrected chi connectivity index (χ3v) is 8.29. The first-order chi connectivity index (χ1) is 17.5. The first-order valence-electron chi connectivity index (χ1n) is 13.5. The fourth-order valence-electron chi connectivity index (χ4n) is 6.28. The van der Waals surface area contributed by atoms with Crippen molar-refractivity contribution in [2.45, 2.75) is 57.1 Å². The third-order valence-electron chi connectivity index (χ3n) is 8.05. The zero-order chi connectivity index (χ0) is 25.3. The number of alkyl carbamates (subject to hydrolysis) is 1. The van der Waals surface area contributed by atoms with E-state index in [-0.39, 0.29) is 24.1 Å². The van der Waals surface area contributed by atoms with Crippen molar-refractivity contribution in [3.05, 3.63) is 34.9 Å². The van der Waals surface area contributed by atoms with Crippen LogP contribution in [0.4, 0.5) is 9.59 Å². The molecule has 0 unspecified atom stereocenters. The molecule has 3 fully saturated rings. The zero-order valence-corrected chi connectivity index (χ0v) is 22.1. The van der Waals surface area contributed by atoms with Gasteiger partial charge in [0, 0.05) is 43.2 Å². The van der Waals surface area contributed by atoms with Crippen LogP contribution in [0.25, 0.3) is 0 Å². The van der Waals surface area contributed by atoms with Crippen molar-refractivity contribution >= 4 is 23.7 Å². The number of nitrogens with zero attached hydrogens (tertiary/aromatic N) is 1. The van der Waals surface area contributed by atoms with Crippen molar-refractivity contribution in [1.29, 1.82) is 0 Å². The molecule has 0 spiro atoms. The molecule has 9 heteroatoms. The number of amides is 3. The zero-order valence-electron chi connectivity index (χ0n) is 21.3. The van der Waals surface area contributed by atoms with E-state index in [1.54, 1.807) is 0 Å². The number of piperidine rings is 2. The van der Waals surface area contributed by atoms with Gasteiger partial charge in [-0.15, -0.1) is 0 Å². The molecule has 0 radical (unpaired) electrons. The molecule has 2 heterocycles. The molecule has 3 aliphatic rings. The number of hydrogen-bond acceptors (Lipinski definition) is 5. The summed E-state index contributed by atoms with van der Waals surface area (Å²) in [6.07, 6.45) is 7.57. The van der Waals surface area contributed by atoms with Crippen LogP contribution >= 0.6 is 11.6 Å². The highest BCUT2D eigenvalue weighted by Gasteiger charge is 2.36. The number of hydrogen-bond donors (Lipinski definition) is 3. The summed E-state index contributed by atoms with van der Waals surface area (Å²) in [6.45, 7) is 3.96. The molecule has 4 atom stereocenters. The summed E-state index contributed by atoms with van der Waals surface area (Å²) in [4.78, 5) is 26.8. The smallest absolute Gasteiger partial charge is 0.406 e. The van der Waals surface area contributed by atoms with Crippen LogP contribution in [0.2, 0.25) is 5.02 Å². The number of carbonyl (C=O) groups excluding carboxylic acids is 2. The molecule has 1 aromatic rings. The maximum Gasteiger partial charge on any atom is 0.406 e. The second kappa shape index (κ2) is 13.5. The van der Waals surface area contributed by atoms with Gasteiger partial charge in [-0.3, -0.25) is 0 Å². The largest absolute Gasteiger partial charge is 0.453 e. The highest BCUT2D eigenvalue weighted by molar-refractivity contribution is 6.30. The Morgan fingerprint density at radius 3 is 2.81 bits per heavy atom. The highest BCUT2D eigenvalue weighted by Crippen LogP contribution is 2.37. The average molecular weight is 521 g/mol. The van der Waals surface area contributed by atoms with Crippen LogP contribution in [0, 0.1) is 17.8 Å². The molecule has 0 aromatic heterocycles. The Morgan fingerprint density at radius 2 is 2.03 bits per heavy atom. The van der Waals surface area contributed by atoms with E-state index >= 15 is 0 Å². The molecule has 3 N–H and O–H groups in total. The summed E-state index contributed by atoms with van der Waals surface area (Å²) in [7, 11) is 1.34. The van der Waals surface area contributed by atoms with Crippen LogP contribution in [0.1, 0.15) is 56.6 Å². The minimum atomic E-state index is -0.480. The average Bonchev–Trinajstić information content (AvgIpc) is 3.44. The second-order valence-electron chi connectivity index (χ2n) is 10.4. The lowest BCUT2D eigenvalue weighted by atomic mass is 9.80. The summed E-state index contributed by atoms with van der Waals surface area (Å²) < 4.78 is 10.9. The maximum absolute atomic E-state index is 13.4. The third kappa shape index (κ3) is 7.26. The number of methoxy groups -OCH3 is 1. The highest BCUT2D eigenvalue weighted by atomic mass is 35.5. The first-order valence-corrected chi connectivity index (χ1v) is 13.9. The van der Waals surface area contributed by atoms with Crippen molar-refractivity contribution < 1.29 is 19.1 Å². The van der Waals surface area contributed by atoms with E-state index in [0.29, 0.717) is 30.6 Å². The summed E-state index contributed by atoms with van der Waals surface area (Å²) in [5.41, 5.74) is 0.991. The molecule has 0 bridgehead atoms. The van der Waals surface area contributed by atoms with Gasteiger partial charge in [0.05, 0.1) is 19.8 Å². The molecule has 1 aliphatic carbocycles. The molecule has 2 aliphatic heterocycles. The molecular formula is C27H41ClN4O4. The Balaban J connectivity index is 1.39. The molecule has 1 aromatic carbocycles. The Labute approximate surface area is 219 Å². The number of ether oxygens (including phenoxy) is 2. The normalized spacial score (nSPS) is 25.8. The minimum absolute atomic E-state index is 0.0357. The van der Waals surface area contributed by atoms with E-state index in [9.17, 15) is 9.59 Å². The summed E-state index contributed by atoms with van der Waals surface area (Å²) in [5.74, 6) is 1.45. The molecule has 8 nitrogen and oxygen atoms in total. The summed E-state index contributed by atoms with van der Waals surface area (Å²) in [6, 6.07) is 7.95. The fourth-order valence-corrected chi connectivity index (χ4v) is 6.48. The number of halogens is 1. The van der Waals surface area contributed by atoms with Gasteiger partial charge in [0.2, 0.25) is 0 Å². The lowest BCUT2D eigenvalue weighted by Crippen LogP contribution is -2.57. The lowest BCUT2D eigenvalue weighted by molar-refractivity contribution is -0.00883. The van der Waals surface area contributed by atoms with Gasteiger partial charge < -0.3 is 30.3 Å². The van der Waals surface area contributed by atoms with E-state index in [1.807, 2.05) is 29.2 Å². The van der Waals surface area contributed by atoms with Gasteiger partial charge in [-0.05, 0) is 55.3 Å². The summed E-state index contributed by atoms with van der Waals surface area (Å²) >= 11 is 6.30. The number of nitrogens with one attached hydrogen (secondary N) is 3. The number of likely N-dealkylation sites (tertiary alicyclic amines) is 1. The van der Waals surface area contributed by atoms with Crippen LogP contribution in [0.5, 0.6) is 0 Å². The standard InChI is InChI=1S/C27H41ClN4O4/c1-35-27(34)30-13-15-36-25(20-8-4-10-22(28)16-20)21-9-5-14-32(18-21)26(33)31-24-17-29-12-11-23(24)19-6-2-3-7-19/h4,8,10,16,19,21,23-25,29H,2-3,5-7,9,11-15,17-18H2,1H3,(H,30,34)(H,31,33)/t21-,23+,24-,25+/m1/s1. The Bertz CT molecular complexity index is 866. The monoisotopic (exact) mass is 520 g/mol. The predicted molar refractivity (Wildman–Crippen MR) is 140 cm³/mol. The number of urea groups is 1. The first kappa shape index (κ1) is 27.0. The van der Waals surface area contributed by atoms with Crippen LogP contribution < -0.4 is 16.0 Å². The minimum Gasteiger partial charge on any atom is -0.453 e. The van der Waals surface area contributed by atoms with E-state index in [0.717, 1.165) is 50.4 Å². The SMILES string of the molecule is COC(=O)NCCO[C@@H](c1cccc(Cl)c1)[C@@H]1CCCN(C(=O)N[C@@H]2CNCC[C@H]2C2CCCC2)C1. The van der Waals surface area contributed by atoms with Gasteiger partial charge in [-0.1, -0.05) is 49.4 Å². The Kier molecular flexibility index (Phi) is 10.1. The molecule has 3 amide bonds. The van der Waals surface area contributed by atoms with Crippen LogP contribution in [0.15, 0.2) is 24.3 Å². The van der Waals surface area contributed by atoms with Gasteiger partial charge >= 0.3 is 12.1 Å². The number of carbonyl (C=O) groups is 2. The molecule has 4 rings (SSSR count). The fraction of sp³-hybridized carbons (Fsp3) is 0.704. The van der Waals surface area contributed by atoms with Gasteiger partial charge in [-0.25, -0.2) is 9.59 Å². The van der Waals surface area contributed by atoms with Gasteiger partial charge in [-0.2, -0.15) is 0 Å². The summed E-state index contributed by atoms with van der Waals surface area (Å²) in [5, 5.41) is 10.2. The van der Waals surface area contributed by atoms with Crippen molar-refractivity contribution in [2.24, 2.45) is 17.8 Å². The van der Waals surface area contributed by atoms with E-state index < -0.39 is 6.09 Å². The van der Waals surface area contributed by atoms with Crippen molar-refractivity contribution in [1.82, 2.24) is 20.9 Å². The Morgan fingerprint density at radius 1 is 1.19 bits per heavy atom. The van der Waals surface area contributed by atoms with E-state index in [2.05, 4.69) is 20.7 Å².